The first kappa shape index (κ1) is 14.7. The van der Waals surface area contributed by atoms with Gasteiger partial charge in [-0.2, -0.15) is 0 Å². The van der Waals surface area contributed by atoms with Gasteiger partial charge in [0.1, 0.15) is 0 Å². The summed E-state index contributed by atoms with van der Waals surface area (Å²) in [6.45, 7) is 0. The van der Waals surface area contributed by atoms with Gasteiger partial charge in [-0.15, -0.1) is 47.1 Å². The van der Waals surface area contributed by atoms with Crippen LogP contribution in [0.2, 0.25) is 0 Å². The maximum absolute atomic E-state index is 4.05. The van der Waals surface area contributed by atoms with Gasteiger partial charge in [-0.25, -0.2) is 0 Å². The van der Waals surface area contributed by atoms with Crippen LogP contribution in [0.3, 0.4) is 0 Å². The SMILES string of the molecule is CSc1ccccc1-c1cccs1.Sc1cccs1. The molecule has 0 nitrogen and oxygen atoms in total. The molecule has 0 amide bonds. The van der Waals surface area contributed by atoms with Crippen LogP contribution >= 0.6 is 47.1 Å². The summed E-state index contributed by atoms with van der Waals surface area (Å²) < 4.78 is 1.08. The van der Waals surface area contributed by atoms with Crippen LogP contribution in [0.25, 0.3) is 10.4 Å². The highest BCUT2D eigenvalue weighted by atomic mass is 32.2. The fraction of sp³-hybridized carbons (Fsp3) is 0.0667. The fourth-order valence-corrected chi connectivity index (χ4v) is 3.72. The summed E-state index contributed by atoms with van der Waals surface area (Å²) in [7, 11) is 0. The Labute approximate surface area is 131 Å². The maximum atomic E-state index is 4.05. The Morgan fingerprint density at radius 2 is 1.63 bits per heavy atom. The van der Waals surface area contributed by atoms with Gasteiger partial charge in [-0.05, 0) is 35.2 Å². The van der Waals surface area contributed by atoms with Crippen molar-refractivity contribution in [3.8, 4) is 10.4 Å². The van der Waals surface area contributed by atoms with Gasteiger partial charge in [0.2, 0.25) is 0 Å². The van der Waals surface area contributed by atoms with Crippen molar-refractivity contribution < 1.29 is 0 Å². The average Bonchev–Trinajstić information content (AvgIpc) is 3.12. The Hall–Kier alpha value is -0.680. The minimum absolute atomic E-state index is 1.08. The number of benzene rings is 1. The van der Waals surface area contributed by atoms with Crippen molar-refractivity contribution in [1.82, 2.24) is 0 Å². The highest BCUT2D eigenvalue weighted by molar-refractivity contribution is 7.98. The van der Waals surface area contributed by atoms with Gasteiger partial charge in [-0.3, -0.25) is 0 Å². The summed E-state index contributed by atoms with van der Waals surface area (Å²) in [5.41, 5.74) is 1.35. The van der Waals surface area contributed by atoms with Crippen LogP contribution in [0.15, 0.2) is 68.4 Å². The fourth-order valence-electron chi connectivity index (χ4n) is 1.55. The zero-order valence-electron chi connectivity index (χ0n) is 10.4. The third-order valence-corrected chi connectivity index (χ3v) is 5.23. The van der Waals surface area contributed by atoms with Crippen LogP contribution < -0.4 is 0 Å². The van der Waals surface area contributed by atoms with E-state index in [2.05, 4.69) is 60.7 Å². The quantitative estimate of drug-likeness (QED) is 0.434. The number of thiophene rings is 2. The van der Waals surface area contributed by atoms with E-state index in [9.17, 15) is 0 Å². The highest BCUT2D eigenvalue weighted by Crippen LogP contribution is 2.32. The number of thiol groups is 1. The van der Waals surface area contributed by atoms with Gasteiger partial charge in [-0.1, -0.05) is 30.3 Å². The van der Waals surface area contributed by atoms with Crippen LogP contribution in [-0.2, 0) is 0 Å². The van der Waals surface area contributed by atoms with Crippen LogP contribution in [0, 0.1) is 0 Å². The van der Waals surface area contributed by atoms with E-state index in [1.54, 1.807) is 34.4 Å². The van der Waals surface area contributed by atoms with E-state index < -0.39 is 0 Å². The average molecular weight is 323 g/mol. The van der Waals surface area contributed by atoms with E-state index in [-0.39, 0.29) is 0 Å². The molecule has 0 saturated heterocycles. The van der Waals surface area contributed by atoms with Crippen molar-refractivity contribution in [3.05, 3.63) is 59.3 Å². The van der Waals surface area contributed by atoms with E-state index in [4.69, 9.17) is 0 Å². The molecule has 0 saturated carbocycles. The minimum atomic E-state index is 1.08. The molecule has 2 aromatic heterocycles. The summed E-state index contributed by atoms with van der Waals surface area (Å²) in [5, 5.41) is 4.12. The molecule has 0 unspecified atom stereocenters. The topological polar surface area (TPSA) is 0 Å². The third kappa shape index (κ3) is 4.42. The number of rotatable bonds is 2. The summed E-state index contributed by atoms with van der Waals surface area (Å²) in [4.78, 5) is 2.70. The van der Waals surface area contributed by atoms with Crippen molar-refractivity contribution >= 4 is 47.1 Å². The van der Waals surface area contributed by atoms with E-state index in [0.717, 1.165) is 4.21 Å². The molecule has 0 aliphatic rings. The molecule has 0 atom stereocenters. The lowest BCUT2D eigenvalue weighted by Crippen LogP contribution is -1.76. The molecule has 0 fully saturated rings. The van der Waals surface area contributed by atoms with Crippen LogP contribution in [0.4, 0.5) is 0 Å². The summed E-state index contributed by atoms with van der Waals surface area (Å²) in [6.07, 6.45) is 2.12. The molecule has 3 rings (SSSR count). The number of hydrogen-bond donors (Lipinski definition) is 1. The zero-order valence-corrected chi connectivity index (χ0v) is 13.8. The Kier molecular flexibility index (Phi) is 6.04. The molecule has 0 spiro atoms. The lowest BCUT2D eigenvalue weighted by Gasteiger charge is -2.03. The Bertz CT molecular complexity index is 582. The largest absolute Gasteiger partial charge is 0.144 e. The molecule has 98 valence electrons. The first-order chi connectivity index (χ1) is 9.31. The Balaban J connectivity index is 0.000000186. The molecular weight excluding hydrogens is 308 g/mol. The monoisotopic (exact) mass is 322 g/mol. The van der Waals surface area contributed by atoms with Gasteiger partial charge < -0.3 is 0 Å². The molecule has 3 aromatic rings. The second kappa shape index (κ2) is 7.80. The number of hydrogen-bond acceptors (Lipinski definition) is 4. The molecule has 19 heavy (non-hydrogen) atoms. The van der Waals surface area contributed by atoms with Crippen LogP contribution in [0.5, 0.6) is 0 Å². The van der Waals surface area contributed by atoms with Gasteiger partial charge in [0, 0.05) is 15.3 Å². The van der Waals surface area contributed by atoms with E-state index >= 15 is 0 Å². The summed E-state index contributed by atoms with van der Waals surface area (Å²) in [5.74, 6) is 0. The first-order valence-electron chi connectivity index (χ1n) is 5.70. The standard InChI is InChI=1S/C11H10S2.C4H4S2/c1-12-10-6-3-2-5-9(10)11-7-4-8-13-11;5-4-2-1-3-6-4/h2-8H,1H3;1-3,5H. The molecular formula is C15H14S4. The minimum Gasteiger partial charge on any atom is -0.144 e. The molecule has 2 heterocycles. The van der Waals surface area contributed by atoms with Crippen molar-refractivity contribution in [2.75, 3.05) is 6.26 Å². The molecule has 0 aliphatic heterocycles. The molecule has 0 N–H and O–H groups in total. The van der Waals surface area contributed by atoms with Gasteiger partial charge in [0.05, 0.1) is 4.21 Å². The first-order valence-corrected chi connectivity index (χ1v) is 9.13. The molecule has 1 aromatic carbocycles. The summed E-state index contributed by atoms with van der Waals surface area (Å²) in [6, 6.07) is 16.7. The van der Waals surface area contributed by atoms with Crippen LogP contribution in [0.1, 0.15) is 0 Å². The van der Waals surface area contributed by atoms with Crippen molar-refractivity contribution in [2.45, 2.75) is 9.10 Å². The highest BCUT2D eigenvalue weighted by Gasteiger charge is 2.02. The van der Waals surface area contributed by atoms with Gasteiger partial charge in [0.25, 0.3) is 0 Å². The molecule has 0 radical (unpaired) electrons. The van der Waals surface area contributed by atoms with Crippen molar-refractivity contribution in [2.24, 2.45) is 0 Å². The lowest BCUT2D eigenvalue weighted by atomic mass is 10.2. The van der Waals surface area contributed by atoms with Crippen molar-refractivity contribution in [1.29, 1.82) is 0 Å². The zero-order chi connectivity index (χ0) is 13.5. The van der Waals surface area contributed by atoms with Gasteiger partial charge >= 0.3 is 0 Å². The van der Waals surface area contributed by atoms with E-state index in [1.165, 1.54) is 15.3 Å². The van der Waals surface area contributed by atoms with Gasteiger partial charge in [0.15, 0.2) is 0 Å². The predicted octanol–water partition coefficient (Wildman–Crippen LogP) is 6.17. The van der Waals surface area contributed by atoms with Crippen molar-refractivity contribution in [3.63, 3.8) is 0 Å². The third-order valence-electron chi connectivity index (χ3n) is 2.40. The Morgan fingerprint density at radius 1 is 0.895 bits per heavy atom. The predicted molar refractivity (Wildman–Crippen MR) is 93.1 cm³/mol. The Morgan fingerprint density at radius 3 is 2.16 bits per heavy atom. The normalized spacial score (nSPS) is 9.79. The van der Waals surface area contributed by atoms with E-state index in [0.29, 0.717) is 0 Å². The van der Waals surface area contributed by atoms with E-state index in [1.807, 2.05) is 17.5 Å². The number of thioether (sulfide) groups is 1. The molecule has 4 heteroatoms. The second-order valence-corrected chi connectivity index (χ2v) is 7.16. The maximum Gasteiger partial charge on any atom is 0.0567 e. The summed E-state index contributed by atoms with van der Waals surface area (Å²) >= 11 is 9.29. The second-order valence-electron chi connectivity index (χ2n) is 3.63. The molecule has 0 bridgehead atoms. The molecule has 0 aliphatic carbocycles. The van der Waals surface area contributed by atoms with Crippen LogP contribution in [-0.4, -0.2) is 6.26 Å². The lowest BCUT2D eigenvalue weighted by molar-refractivity contribution is 1.47. The smallest absolute Gasteiger partial charge is 0.0567 e.